The van der Waals surface area contributed by atoms with Gasteiger partial charge in [0.15, 0.2) is 0 Å². The van der Waals surface area contributed by atoms with E-state index in [1.165, 1.54) is 4.90 Å². The van der Waals surface area contributed by atoms with Crippen LogP contribution in [-0.4, -0.2) is 20.8 Å². The minimum Gasteiger partial charge on any atom is -0.266 e. The number of benzene rings is 2. The number of rotatable bonds is 8. The van der Waals surface area contributed by atoms with E-state index in [-0.39, 0.29) is 11.5 Å². The fourth-order valence-electron chi connectivity index (χ4n) is 1.85. The summed E-state index contributed by atoms with van der Waals surface area (Å²) in [5.74, 6) is 0.956. The van der Waals surface area contributed by atoms with E-state index in [4.69, 9.17) is 4.18 Å². The van der Waals surface area contributed by atoms with E-state index in [2.05, 4.69) is 12.1 Å². The molecule has 2 aromatic rings. The Morgan fingerprint density at radius 2 is 1.64 bits per heavy atom. The zero-order valence-corrected chi connectivity index (χ0v) is 14.2. The van der Waals surface area contributed by atoms with Crippen molar-refractivity contribution in [1.82, 2.24) is 0 Å². The summed E-state index contributed by atoms with van der Waals surface area (Å²) >= 11 is 1.77. The minimum absolute atomic E-state index is 0.219. The molecular formula is C17H20O3S2. The van der Waals surface area contributed by atoms with Gasteiger partial charge in [-0.15, -0.1) is 11.8 Å². The van der Waals surface area contributed by atoms with Crippen LogP contribution in [0.15, 0.2) is 64.4 Å². The highest BCUT2D eigenvalue weighted by molar-refractivity contribution is 7.99. The van der Waals surface area contributed by atoms with Crippen molar-refractivity contribution in [3.05, 3.63) is 60.2 Å². The van der Waals surface area contributed by atoms with E-state index >= 15 is 0 Å². The number of hydrogen-bond acceptors (Lipinski definition) is 4. The molecule has 0 atom stereocenters. The molecule has 3 nitrogen and oxygen atoms in total. The van der Waals surface area contributed by atoms with E-state index < -0.39 is 10.1 Å². The molecular weight excluding hydrogens is 316 g/mol. The van der Waals surface area contributed by atoms with Crippen LogP contribution in [0.4, 0.5) is 0 Å². The lowest BCUT2D eigenvalue weighted by Crippen LogP contribution is -2.07. The van der Waals surface area contributed by atoms with Crippen molar-refractivity contribution >= 4 is 21.9 Å². The van der Waals surface area contributed by atoms with Gasteiger partial charge >= 0.3 is 0 Å². The largest absolute Gasteiger partial charge is 0.296 e. The molecule has 0 heterocycles. The second-order valence-corrected chi connectivity index (χ2v) is 7.74. The van der Waals surface area contributed by atoms with E-state index in [1.54, 1.807) is 36.0 Å². The van der Waals surface area contributed by atoms with Crippen LogP contribution in [0.1, 0.15) is 18.4 Å². The van der Waals surface area contributed by atoms with E-state index in [0.29, 0.717) is 0 Å². The summed E-state index contributed by atoms with van der Waals surface area (Å²) in [6.07, 6.45) is 1.65. The highest BCUT2D eigenvalue weighted by Crippen LogP contribution is 2.19. The molecule has 0 aliphatic rings. The van der Waals surface area contributed by atoms with E-state index in [1.807, 2.05) is 25.1 Å². The first kappa shape index (κ1) is 17.1. The van der Waals surface area contributed by atoms with Crippen LogP contribution in [0.5, 0.6) is 0 Å². The summed E-state index contributed by atoms with van der Waals surface area (Å²) in [4.78, 5) is 1.45. The highest BCUT2D eigenvalue weighted by Gasteiger charge is 2.14. The quantitative estimate of drug-likeness (QED) is 0.410. The summed E-state index contributed by atoms with van der Waals surface area (Å²) in [6.45, 7) is 2.15. The Morgan fingerprint density at radius 1 is 0.955 bits per heavy atom. The minimum atomic E-state index is -3.62. The number of hydrogen-bond donors (Lipinski definition) is 0. The van der Waals surface area contributed by atoms with Gasteiger partial charge in [0.2, 0.25) is 0 Å². The lowest BCUT2D eigenvalue weighted by Gasteiger charge is -2.06. The van der Waals surface area contributed by atoms with Crippen molar-refractivity contribution < 1.29 is 12.6 Å². The SMILES string of the molecule is Cc1ccc(S(=O)(=O)OCCCCSc2ccccc2)cc1. The summed E-state index contributed by atoms with van der Waals surface area (Å²) in [7, 11) is -3.62. The van der Waals surface area contributed by atoms with Crippen LogP contribution >= 0.6 is 11.8 Å². The van der Waals surface area contributed by atoms with Crippen LogP contribution < -0.4 is 0 Å². The molecule has 2 rings (SSSR count). The summed E-state index contributed by atoms with van der Waals surface area (Å²) < 4.78 is 29.0. The van der Waals surface area contributed by atoms with Crippen LogP contribution in [0.2, 0.25) is 0 Å². The van der Waals surface area contributed by atoms with Gasteiger partial charge in [-0.05, 0) is 49.8 Å². The average molecular weight is 336 g/mol. The zero-order valence-electron chi connectivity index (χ0n) is 12.6. The Kier molecular flexibility index (Phi) is 6.49. The van der Waals surface area contributed by atoms with Gasteiger partial charge in [-0.2, -0.15) is 8.42 Å². The summed E-state index contributed by atoms with van der Waals surface area (Å²) in [6, 6.07) is 16.9. The lowest BCUT2D eigenvalue weighted by atomic mass is 10.2. The second-order valence-electron chi connectivity index (χ2n) is 4.96. The highest BCUT2D eigenvalue weighted by atomic mass is 32.2. The standard InChI is InChI=1S/C17H20O3S2/c1-15-9-11-17(12-10-15)22(18,19)20-13-5-6-14-21-16-7-3-2-4-8-16/h2-4,7-12H,5-6,13-14H2,1H3. The lowest BCUT2D eigenvalue weighted by molar-refractivity contribution is 0.311. The molecule has 0 radical (unpaired) electrons. The summed E-state index contributed by atoms with van der Waals surface area (Å²) in [5, 5.41) is 0. The third-order valence-electron chi connectivity index (χ3n) is 3.10. The van der Waals surface area contributed by atoms with Gasteiger partial charge in [0.05, 0.1) is 11.5 Å². The first-order valence-electron chi connectivity index (χ1n) is 7.22. The molecule has 0 amide bonds. The van der Waals surface area contributed by atoms with Crippen LogP contribution in [0, 0.1) is 6.92 Å². The molecule has 0 unspecified atom stereocenters. The fraction of sp³-hybridized carbons (Fsp3) is 0.294. The maximum absolute atomic E-state index is 12.0. The predicted octanol–water partition coefficient (Wildman–Crippen LogP) is 4.27. The Balaban J connectivity index is 1.68. The van der Waals surface area contributed by atoms with Crippen molar-refractivity contribution in [1.29, 1.82) is 0 Å². The Labute approximate surface area is 136 Å². The van der Waals surface area contributed by atoms with Gasteiger partial charge in [0.1, 0.15) is 0 Å². The molecule has 22 heavy (non-hydrogen) atoms. The Bertz CT molecular complexity index is 665. The van der Waals surface area contributed by atoms with Crippen LogP contribution in [0.25, 0.3) is 0 Å². The van der Waals surface area contributed by atoms with Crippen LogP contribution in [0.3, 0.4) is 0 Å². The van der Waals surface area contributed by atoms with Gasteiger partial charge in [-0.3, -0.25) is 4.18 Å². The molecule has 5 heteroatoms. The third kappa shape index (κ3) is 5.48. The van der Waals surface area contributed by atoms with Gasteiger partial charge < -0.3 is 0 Å². The molecule has 0 aliphatic heterocycles. The number of unbranched alkanes of at least 4 members (excludes halogenated alkanes) is 1. The molecule has 0 bridgehead atoms. The van der Waals surface area contributed by atoms with Crippen molar-refractivity contribution in [2.75, 3.05) is 12.4 Å². The molecule has 0 fully saturated rings. The van der Waals surface area contributed by atoms with Crippen molar-refractivity contribution in [3.63, 3.8) is 0 Å². The van der Waals surface area contributed by atoms with Crippen LogP contribution in [-0.2, 0) is 14.3 Å². The maximum atomic E-state index is 12.0. The second kappa shape index (κ2) is 8.36. The first-order valence-corrected chi connectivity index (χ1v) is 9.61. The molecule has 0 spiro atoms. The Hall–Kier alpha value is -1.30. The molecule has 0 saturated heterocycles. The summed E-state index contributed by atoms with van der Waals surface area (Å²) in [5.41, 5.74) is 1.02. The van der Waals surface area contributed by atoms with Gasteiger partial charge in [0.25, 0.3) is 10.1 Å². The molecule has 2 aromatic carbocycles. The van der Waals surface area contributed by atoms with Gasteiger partial charge in [-0.25, -0.2) is 0 Å². The van der Waals surface area contributed by atoms with E-state index in [9.17, 15) is 8.42 Å². The average Bonchev–Trinajstić information content (AvgIpc) is 2.52. The normalized spacial score (nSPS) is 11.5. The molecule has 118 valence electrons. The van der Waals surface area contributed by atoms with Crippen molar-refractivity contribution in [3.8, 4) is 0 Å². The monoisotopic (exact) mass is 336 g/mol. The van der Waals surface area contributed by atoms with Crippen molar-refractivity contribution in [2.45, 2.75) is 29.6 Å². The molecule has 0 aromatic heterocycles. The maximum Gasteiger partial charge on any atom is 0.296 e. The Morgan fingerprint density at radius 3 is 2.32 bits per heavy atom. The molecule has 0 aliphatic carbocycles. The topological polar surface area (TPSA) is 43.4 Å². The third-order valence-corrected chi connectivity index (χ3v) is 5.52. The predicted molar refractivity (Wildman–Crippen MR) is 90.7 cm³/mol. The van der Waals surface area contributed by atoms with E-state index in [0.717, 1.165) is 24.2 Å². The van der Waals surface area contributed by atoms with Gasteiger partial charge in [-0.1, -0.05) is 35.9 Å². The zero-order chi connectivity index (χ0) is 15.8. The molecule has 0 N–H and O–H groups in total. The first-order chi connectivity index (χ1) is 10.6. The number of aryl methyl sites for hydroxylation is 1. The number of thioether (sulfide) groups is 1. The van der Waals surface area contributed by atoms with Gasteiger partial charge in [0, 0.05) is 4.90 Å². The molecule has 0 saturated carbocycles. The smallest absolute Gasteiger partial charge is 0.266 e. The fourth-order valence-corrected chi connectivity index (χ4v) is 3.73. The van der Waals surface area contributed by atoms with Crippen molar-refractivity contribution in [2.24, 2.45) is 0 Å².